The first-order chi connectivity index (χ1) is 9.16. The minimum absolute atomic E-state index is 0.292. The van der Waals surface area contributed by atoms with E-state index in [9.17, 15) is 28.1 Å². The van der Waals surface area contributed by atoms with Gasteiger partial charge >= 0.3 is 6.18 Å². The van der Waals surface area contributed by atoms with Crippen molar-refractivity contribution in [1.29, 1.82) is 0 Å². The molecule has 0 aliphatic heterocycles. The summed E-state index contributed by atoms with van der Waals surface area (Å²) >= 11 is 0. The van der Waals surface area contributed by atoms with Crippen LogP contribution in [0.5, 0.6) is 0 Å². The number of amides is 1. The minimum atomic E-state index is -4.70. The standard InChI is InChI=1S/C11H12F3N3O3/c1-2-7(15)10(18)16-8-4-3-6(11(12,13)14)5-9(8)17(19)20/h3-5,7H,2,15H2,1H3,(H,16,18). The van der Waals surface area contributed by atoms with Crippen LogP contribution < -0.4 is 11.1 Å². The van der Waals surface area contributed by atoms with Gasteiger partial charge in [0.1, 0.15) is 5.69 Å². The Morgan fingerprint density at radius 3 is 2.55 bits per heavy atom. The fourth-order valence-electron chi connectivity index (χ4n) is 1.38. The van der Waals surface area contributed by atoms with Gasteiger partial charge in [-0.3, -0.25) is 14.9 Å². The van der Waals surface area contributed by atoms with Gasteiger partial charge in [0.05, 0.1) is 16.5 Å². The number of anilines is 1. The molecule has 0 saturated heterocycles. The zero-order valence-corrected chi connectivity index (χ0v) is 10.4. The van der Waals surface area contributed by atoms with Crippen molar-refractivity contribution in [3.05, 3.63) is 33.9 Å². The van der Waals surface area contributed by atoms with E-state index >= 15 is 0 Å². The van der Waals surface area contributed by atoms with Gasteiger partial charge in [-0.1, -0.05) is 6.92 Å². The van der Waals surface area contributed by atoms with E-state index in [1.807, 2.05) is 0 Å². The molecule has 1 amide bonds. The zero-order chi connectivity index (χ0) is 15.5. The maximum absolute atomic E-state index is 12.5. The number of alkyl halides is 3. The highest BCUT2D eigenvalue weighted by Gasteiger charge is 2.33. The molecule has 0 radical (unpaired) electrons. The van der Waals surface area contributed by atoms with E-state index in [-0.39, 0.29) is 5.69 Å². The highest BCUT2D eigenvalue weighted by molar-refractivity contribution is 5.96. The number of nitro benzene ring substituents is 1. The van der Waals surface area contributed by atoms with E-state index in [1.54, 1.807) is 6.92 Å². The summed E-state index contributed by atoms with van der Waals surface area (Å²) in [5, 5.41) is 12.9. The van der Waals surface area contributed by atoms with Crippen LogP contribution in [0.4, 0.5) is 24.5 Å². The second-order valence-corrected chi connectivity index (χ2v) is 3.99. The van der Waals surface area contributed by atoms with E-state index < -0.39 is 34.3 Å². The van der Waals surface area contributed by atoms with Gasteiger partial charge in [0, 0.05) is 6.07 Å². The van der Waals surface area contributed by atoms with Crippen molar-refractivity contribution in [2.24, 2.45) is 5.73 Å². The Labute approximate surface area is 111 Å². The van der Waals surface area contributed by atoms with Gasteiger partial charge in [0.2, 0.25) is 5.91 Å². The molecule has 0 saturated carbocycles. The number of hydrogen-bond donors (Lipinski definition) is 2. The fourth-order valence-corrected chi connectivity index (χ4v) is 1.38. The second kappa shape index (κ2) is 5.87. The predicted molar refractivity (Wildman–Crippen MR) is 65.0 cm³/mol. The lowest BCUT2D eigenvalue weighted by Crippen LogP contribution is -2.35. The Hall–Kier alpha value is -2.16. The number of rotatable bonds is 4. The summed E-state index contributed by atoms with van der Waals surface area (Å²) in [5.41, 5.74) is 3.10. The SMILES string of the molecule is CCC(N)C(=O)Nc1ccc(C(F)(F)F)cc1[N+](=O)[O-]. The van der Waals surface area contributed by atoms with Crippen LogP contribution in [0, 0.1) is 10.1 Å². The van der Waals surface area contributed by atoms with Crippen LogP contribution in [-0.2, 0) is 11.0 Å². The lowest BCUT2D eigenvalue weighted by molar-refractivity contribution is -0.384. The molecule has 0 aliphatic carbocycles. The first-order valence-corrected chi connectivity index (χ1v) is 5.59. The summed E-state index contributed by atoms with van der Waals surface area (Å²) in [6.45, 7) is 1.63. The maximum atomic E-state index is 12.5. The van der Waals surface area contributed by atoms with Crippen LogP contribution in [0.15, 0.2) is 18.2 Å². The van der Waals surface area contributed by atoms with E-state index in [2.05, 4.69) is 5.32 Å². The topological polar surface area (TPSA) is 98.3 Å². The smallest absolute Gasteiger partial charge is 0.320 e. The monoisotopic (exact) mass is 291 g/mol. The summed E-state index contributed by atoms with van der Waals surface area (Å²) in [5.74, 6) is -0.699. The predicted octanol–water partition coefficient (Wildman–Crippen LogP) is 2.29. The third kappa shape index (κ3) is 3.67. The highest BCUT2D eigenvalue weighted by Crippen LogP contribution is 2.34. The fraction of sp³-hybridized carbons (Fsp3) is 0.364. The number of nitrogens with two attached hydrogens (primary N) is 1. The highest BCUT2D eigenvalue weighted by atomic mass is 19.4. The number of nitro groups is 1. The van der Waals surface area contributed by atoms with Gasteiger partial charge in [-0.25, -0.2) is 0 Å². The Morgan fingerprint density at radius 2 is 2.10 bits per heavy atom. The quantitative estimate of drug-likeness (QED) is 0.656. The number of nitrogens with zero attached hydrogens (tertiary/aromatic N) is 1. The normalized spacial score (nSPS) is 12.8. The Morgan fingerprint density at radius 1 is 1.50 bits per heavy atom. The molecule has 1 rings (SSSR count). The van der Waals surface area contributed by atoms with Crippen LogP contribution in [0.3, 0.4) is 0 Å². The number of benzene rings is 1. The molecule has 0 bridgehead atoms. The average Bonchev–Trinajstić information content (AvgIpc) is 2.36. The van der Waals surface area contributed by atoms with E-state index in [0.717, 1.165) is 6.07 Å². The summed E-state index contributed by atoms with van der Waals surface area (Å²) in [6, 6.07) is 0.964. The van der Waals surface area contributed by atoms with E-state index in [4.69, 9.17) is 5.73 Å². The summed E-state index contributed by atoms with van der Waals surface area (Å²) < 4.78 is 37.4. The lowest BCUT2D eigenvalue weighted by atomic mass is 10.1. The maximum Gasteiger partial charge on any atom is 0.416 e. The van der Waals surface area contributed by atoms with Gasteiger partial charge < -0.3 is 11.1 Å². The molecule has 1 aromatic rings. The molecule has 0 aromatic heterocycles. The van der Waals surface area contributed by atoms with Crippen molar-refractivity contribution in [3.8, 4) is 0 Å². The molecule has 0 fully saturated rings. The van der Waals surface area contributed by atoms with Gasteiger partial charge in [-0.05, 0) is 18.6 Å². The van der Waals surface area contributed by atoms with Gasteiger partial charge in [0.15, 0.2) is 0 Å². The van der Waals surface area contributed by atoms with E-state index in [0.29, 0.717) is 18.6 Å². The molecular formula is C11H12F3N3O3. The van der Waals surface area contributed by atoms with Crippen molar-refractivity contribution >= 4 is 17.3 Å². The van der Waals surface area contributed by atoms with Crippen LogP contribution in [0.2, 0.25) is 0 Å². The first kappa shape index (κ1) is 15.9. The number of carbonyl (C=O) groups is 1. The third-order valence-electron chi connectivity index (χ3n) is 2.56. The molecule has 9 heteroatoms. The third-order valence-corrected chi connectivity index (χ3v) is 2.56. The first-order valence-electron chi connectivity index (χ1n) is 5.59. The number of hydrogen-bond acceptors (Lipinski definition) is 4. The Kier molecular flexibility index (Phi) is 4.66. The Bertz CT molecular complexity index is 531. The molecule has 20 heavy (non-hydrogen) atoms. The largest absolute Gasteiger partial charge is 0.416 e. The van der Waals surface area contributed by atoms with Crippen molar-refractivity contribution in [2.75, 3.05) is 5.32 Å². The molecule has 6 nitrogen and oxygen atoms in total. The van der Waals surface area contributed by atoms with Crippen LogP contribution >= 0.6 is 0 Å². The number of carbonyl (C=O) groups excluding carboxylic acids is 1. The molecule has 1 atom stereocenters. The molecule has 3 N–H and O–H groups in total. The Balaban J connectivity index is 3.15. The molecule has 0 heterocycles. The molecule has 1 unspecified atom stereocenters. The average molecular weight is 291 g/mol. The molecule has 1 aromatic carbocycles. The summed E-state index contributed by atoms with van der Waals surface area (Å²) in [4.78, 5) is 21.3. The summed E-state index contributed by atoms with van der Waals surface area (Å²) in [7, 11) is 0. The molecular weight excluding hydrogens is 279 g/mol. The van der Waals surface area contributed by atoms with Gasteiger partial charge in [-0.15, -0.1) is 0 Å². The number of nitrogens with one attached hydrogen (secondary N) is 1. The molecule has 0 aliphatic rings. The number of halogens is 3. The summed E-state index contributed by atoms with van der Waals surface area (Å²) in [6.07, 6.45) is -4.41. The van der Waals surface area contributed by atoms with Crippen LogP contribution in [0.1, 0.15) is 18.9 Å². The second-order valence-electron chi connectivity index (χ2n) is 3.99. The van der Waals surface area contributed by atoms with Crippen molar-refractivity contribution in [3.63, 3.8) is 0 Å². The molecule has 110 valence electrons. The zero-order valence-electron chi connectivity index (χ0n) is 10.4. The molecule has 0 spiro atoms. The van der Waals surface area contributed by atoms with Gasteiger partial charge in [-0.2, -0.15) is 13.2 Å². The van der Waals surface area contributed by atoms with E-state index in [1.165, 1.54) is 0 Å². The van der Waals surface area contributed by atoms with Crippen LogP contribution in [0.25, 0.3) is 0 Å². The van der Waals surface area contributed by atoms with Gasteiger partial charge in [0.25, 0.3) is 5.69 Å². The van der Waals surface area contributed by atoms with Crippen molar-refractivity contribution in [2.45, 2.75) is 25.6 Å². The minimum Gasteiger partial charge on any atom is -0.320 e. The van der Waals surface area contributed by atoms with Crippen molar-refractivity contribution < 1.29 is 22.9 Å². The van der Waals surface area contributed by atoms with Crippen LogP contribution in [-0.4, -0.2) is 16.9 Å². The lowest BCUT2D eigenvalue weighted by Gasteiger charge is -2.12. The van der Waals surface area contributed by atoms with Crippen molar-refractivity contribution in [1.82, 2.24) is 0 Å².